The largest absolute Gasteiger partial charge is 0.445 e. The number of ether oxygens (including phenoxy) is 1. The second kappa shape index (κ2) is 7.16. The quantitative estimate of drug-likeness (QED) is 0.618. The summed E-state index contributed by atoms with van der Waals surface area (Å²) in [6.07, 6.45) is 0.861. The van der Waals surface area contributed by atoms with Crippen molar-refractivity contribution in [1.29, 1.82) is 0 Å². The summed E-state index contributed by atoms with van der Waals surface area (Å²) in [5, 5.41) is 0.668. The van der Waals surface area contributed by atoms with Crippen molar-refractivity contribution >= 4 is 35.1 Å². The number of rotatable bonds is 5. The van der Waals surface area contributed by atoms with E-state index in [-0.39, 0.29) is 18.9 Å². The van der Waals surface area contributed by atoms with E-state index in [1.807, 2.05) is 0 Å². The molecule has 0 aromatic heterocycles. The highest BCUT2D eigenvalue weighted by atomic mass is 35.5. The summed E-state index contributed by atoms with van der Waals surface area (Å²) >= 11 is 11.6. The molecule has 0 aliphatic rings. The van der Waals surface area contributed by atoms with Crippen LogP contribution in [0.15, 0.2) is 30.9 Å². The Morgan fingerprint density at radius 2 is 2.05 bits per heavy atom. The molecule has 0 spiro atoms. The molecule has 0 saturated carbocycles. The number of halogens is 2. The minimum atomic E-state index is -0.590. The van der Waals surface area contributed by atoms with Crippen molar-refractivity contribution in [3.63, 3.8) is 0 Å². The molecular formula is C13H13Cl2NO3. The van der Waals surface area contributed by atoms with Gasteiger partial charge in [0.05, 0.1) is 16.6 Å². The highest BCUT2D eigenvalue weighted by molar-refractivity contribution is 6.42. The number of amides is 1. The fraction of sp³-hybridized carbons (Fsp3) is 0.231. The fourth-order valence-electron chi connectivity index (χ4n) is 1.28. The van der Waals surface area contributed by atoms with Gasteiger partial charge in [-0.05, 0) is 18.2 Å². The van der Waals surface area contributed by atoms with Gasteiger partial charge >= 0.3 is 6.09 Å². The average Bonchev–Trinajstić information content (AvgIpc) is 2.38. The number of benzene rings is 1. The highest BCUT2D eigenvalue weighted by Crippen LogP contribution is 2.22. The number of carbonyl (C=O) groups excluding carboxylic acids is 2. The molecule has 1 aromatic carbocycles. The molecule has 1 aromatic rings. The number of carbonyl (C=O) groups is 2. The Morgan fingerprint density at radius 1 is 1.37 bits per heavy atom. The van der Waals surface area contributed by atoms with E-state index in [0.29, 0.717) is 15.6 Å². The lowest BCUT2D eigenvalue weighted by atomic mass is 10.1. The zero-order valence-electron chi connectivity index (χ0n) is 10.4. The summed E-state index contributed by atoms with van der Waals surface area (Å²) in [5.74, 6) is -0.253. The van der Waals surface area contributed by atoms with E-state index in [2.05, 4.69) is 6.58 Å². The second-order valence-electron chi connectivity index (χ2n) is 3.77. The Labute approximate surface area is 121 Å². The van der Waals surface area contributed by atoms with Crippen LogP contribution in [-0.2, 0) is 4.74 Å². The lowest BCUT2D eigenvalue weighted by molar-refractivity contribution is 0.0891. The molecule has 0 aliphatic heterocycles. The molecule has 0 bridgehead atoms. The molecule has 0 saturated heterocycles. The minimum absolute atomic E-state index is 0.101. The molecule has 0 N–H and O–H groups in total. The predicted molar refractivity (Wildman–Crippen MR) is 75.0 cm³/mol. The Hall–Kier alpha value is -1.52. The van der Waals surface area contributed by atoms with Gasteiger partial charge in [-0.3, -0.25) is 4.79 Å². The summed E-state index contributed by atoms with van der Waals surface area (Å²) in [6.45, 7) is 3.43. The summed E-state index contributed by atoms with van der Waals surface area (Å²) < 4.78 is 4.80. The van der Waals surface area contributed by atoms with Gasteiger partial charge in [-0.2, -0.15) is 0 Å². The van der Waals surface area contributed by atoms with Gasteiger partial charge < -0.3 is 9.64 Å². The van der Waals surface area contributed by atoms with Crippen molar-refractivity contribution in [3.05, 3.63) is 46.5 Å². The van der Waals surface area contributed by atoms with E-state index in [0.717, 1.165) is 0 Å². The Balaban J connectivity index is 2.65. The first-order valence-electron chi connectivity index (χ1n) is 5.42. The Bertz CT molecular complexity index is 503. The monoisotopic (exact) mass is 301 g/mol. The third-order valence-corrected chi connectivity index (χ3v) is 3.00. The predicted octanol–water partition coefficient (Wildman–Crippen LogP) is 3.43. The molecule has 4 nitrogen and oxygen atoms in total. The summed E-state index contributed by atoms with van der Waals surface area (Å²) in [5.41, 5.74) is 0.387. The average molecular weight is 302 g/mol. The van der Waals surface area contributed by atoms with Crippen molar-refractivity contribution in [3.8, 4) is 0 Å². The van der Waals surface area contributed by atoms with Crippen LogP contribution in [0.3, 0.4) is 0 Å². The van der Waals surface area contributed by atoms with Gasteiger partial charge in [-0.1, -0.05) is 35.9 Å². The first-order valence-corrected chi connectivity index (χ1v) is 6.18. The van der Waals surface area contributed by atoms with Gasteiger partial charge in [-0.15, -0.1) is 0 Å². The van der Waals surface area contributed by atoms with Gasteiger partial charge in [0.1, 0.15) is 6.61 Å². The molecule has 102 valence electrons. The van der Waals surface area contributed by atoms with Gasteiger partial charge in [0.15, 0.2) is 5.78 Å². The number of hydrogen-bond acceptors (Lipinski definition) is 3. The molecule has 0 unspecified atom stereocenters. The van der Waals surface area contributed by atoms with Crippen LogP contribution in [0.25, 0.3) is 0 Å². The molecule has 1 rings (SSSR count). The number of likely N-dealkylation sites (N-methyl/N-ethyl adjacent to an activating group) is 1. The van der Waals surface area contributed by atoms with Crippen molar-refractivity contribution < 1.29 is 14.3 Å². The molecular weight excluding hydrogens is 289 g/mol. The van der Waals surface area contributed by atoms with Crippen LogP contribution in [0, 0.1) is 0 Å². The molecule has 19 heavy (non-hydrogen) atoms. The SMILES string of the molecule is C=CCOC(=O)N(C)CC(=O)c1ccc(Cl)c(Cl)c1. The van der Waals surface area contributed by atoms with Gasteiger partial charge in [-0.25, -0.2) is 4.79 Å². The standard InChI is InChI=1S/C13H13Cl2NO3/c1-3-6-19-13(18)16(2)8-12(17)9-4-5-10(14)11(15)7-9/h3-5,7H,1,6,8H2,2H3. The van der Waals surface area contributed by atoms with Crippen LogP contribution in [0.5, 0.6) is 0 Å². The Kier molecular flexibility index (Phi) is 5.86. The van der Waals surface area contributed by atoms with E-state index in [9.17, 15) is 9.59 Å². The molecule has 0 atom stereocenters. The summed E-state index contributed by atoms with van der Waals surface area (Å²) in [7, 11) is 1.47. The Morgan fingerprint density at radius 3 is 2.63 bits per heavy atom. The highest BCUT2D eigenvalue weighted by Gasteiger charge is 2.15. The van der Waals surface area contributed by atoms with E-state index in [1.165, 1.54) is 30.2 Å². The van der Waals surface area contributed by atoms with E-state index < -0.39 is 6.09 Å². The molecule has 0 aliphatic carbocycles. The van der Waals surface area contributed by atoms with E-state index in [1.54, 1.807) is 6.07 Å². The van der Waals surface area contributed by atoms with Crippen LogP contribution in [0.1, 0.15) is 10.4 Å². The summed E-state index contributed by atoms with van der Waals surface area (Å²) in [4.78, 5) is 24.5. The molecule has 1 amide bonds. The molecule has 0 radical (unpaired) electrons. The first kappa shape index (κ1) is 15.5. The third kappa shape index (κ3) is 4.58. The topological polar surface area (TPSA) is 46.6 Å². The maximum absolute atomic E-state index is 11.9. The van der Waals surface area contributed by atoms with Crippen molar-refractivity contribution in [2.45, 2.75) is 0 Å². The number of nitrogens with zero attached hydrogens (tertiary/aromatic N) is 1. The lowest BCUT2D eigenvalue weighted by Crippen LogP contribution is -2.32. The molecule has 6 heteroatoms. The van der Waals surface area contributed by atoms with E-state index in [4.69, 9.17) is 27.9 Å². The van der Waals surface area contributed by atoms with Crippen LogP contribution >= 0.6 is 23.2 Å². The van der Waals surface area contributed by atoms with Crippen LogP contribution in [-0.4, -0.2) is 37.0 Å². The number of hydrogen-bond donors (Lipinski definition) is 0. The second-order valence-corrected chi connectivity index (χ2v) is 4.59. The normalized spacial score (nSPS) is 9.84. The minimum Gasteiger partial charge on any atom is -0.445 e. The number of ketones is 1. The van der Waals surface area contributed by atoms with Gasteiger partial charge in [0.2, 0.25) is 0 Å². The smallest absolute Gasteiger partial charge is 0.410 e. The molecule has 0 fully saturated rings. The van der Waals surface area contributed by atoms with Crippen molar-refractivity contribution in [2.75, 3.05) is 20.2 Å². The van der Waals surface area contributed by atoms with E-state index >= 15 is 0 Å². The number of Topliss-reactive ketones (excluding diaryl/α,β-unsaturated/α-hetero) is 1. The van der Waals surface area contributed by atoms with Crippen molar-refractivity contribution in [1.82, 2.24) is 4.90 Å². The van der Waals surface area contributed by atoms with Crippen molar-refractivity contribution in [2.24, 2.45) is 0 Å². The zero-order valence-corrected chi connectivity index (χ0v) is 11.9. The first-order chi connectivity index (χ1) is 8.95. The lowest BCUT2D eigenvalue weighted by Gasteiger charge is -2.15. The van der Waals surface area contributed by atoms with Crippen LogP contribution < -0.4 is 0 Å². The fourth-order valence-corrected chi connectivity index (χ4v) is 1.58. The summed E-state index contributed by atoms with van der Waals surface area (Å²) in [6, 6.07) is 4.56. The maximum atomic E-state index is 11.9. The van der Waals surface area contributed by atoms with Gasteiger partial charge in [0.25, 0.3) is 0 Å². The zero-order chi connectivity index (χ0) is 14.4. The van der Waals surface area contributed by atoms with Crippen LogP contribution in [0.2, 0.25) is 10.0 Å². The van der Waals surface area contributed by atoms with Crippen LogP contribution in [0.4, 0.5) is 4.79 Å². The molecule has 0 heterocycles. The maximum Gasteiger partial charge on any atom is 0.410 e. The third-order valence-electron chi connectivity index (χ3n) is 2.26. The van der Waals surface area contributed by atoms with Gasteiger partial charge in [0, 0.05) is 12.6 Å².